The highest BCUT2D eigenvalue weighted by Gasteiger charge is 2.15. The smallest absolute Gasteiger partial charge is 0.313 e. The van der Waals surface area contributed by atoms with Gasteiger partial charge < -0.3 is 14.8 Å². The predicted molar refractivity (Wildman–Crippen MR) is 91.0 cm³/mol. The highest BCUT2D eigenvalue weighted by atomic mass is 16.5. The molecule has 0 aliphatic carbocycles. The molecule has 0 aliphatic heterocycles. The second-order valence-corrected chi connectivity index (χ2v) is 5.66. The molecule has 0 saturated heterocycles. The number of para-hydroxylation sites is 1. The Labute approximate surface area is 146 Å². The number of nitrogens with one attached hydrogen (secondary N) is 1. The molecular formula is C18H23NO6. The normalized spacial score (nSPS) is 11.3. The lowest BCUT2D eigenvalue weighted by atomic mass is 10.2. The summed E-state index contributed by atoms with van der Waals surface area (Å²) in [6.45, 7) is 2.75. The van der Waals surface area contributed by atoms with Gasteiger partial charge in [0.05, 0.1) is 12.6 Å². The minimum Gasteiger partial charge on any atom is -0.465 e. The number of rotatable bonds is 11. The number of carbonyl (C=O) groups excluding carboxylic acids is 4. The van der Waals surface area contributed by atoms with Crippen LogP contribution in [0.4, 0.5) is 5.69 Å². The fourth-order valence-corrected chi connectivity index (χ4v) is 1.98. The Morgan fingerprint density at radius 3 is 2.04 bits per heavy atom. The van der Waals surface area contributed by atoms with Gasteiger partial charge in [-0.25, -0.2) is 0 Å². The SMILES string of the molecule is CC(=O)CC(=O)OCCC(COC(=O)CC(C)=O)Nc1ccccc1. The van der Waals surface area contributed by atoms with E-state index >= 15 is 0 Å². The van der Waals surface area contributed by atoms with Gasteiger partial charge in [-0.05, 0) is 26.0 Å². The maximum absolute atomic E-state index is 11.5. The first-order valence-corrected chi connectivity index (χ1v) is 7.98. The molecule has 0 spiro atoms. The lowest BCUT2D eigenvalue weighted by molar-refractivity contribution is -0.148. The number of ether oxygens (including phenoxy) is 2. The van der Waals surface area contributed by atoms with Crippen LogP contribution in [0, 0.1) is 0 Å². The summed E-state index contributed by atoms with van der Waals surface area (Å²) in [7, 11) is 0. The fourth-order valence-electron chi connectivity index (χ4n) is 1.98. The topological polar surface area (TPSA) is 98.8 Å². The average molecular weight is 349 g/mol. The molecular weight excluding hydrogens is 326 g/mol. The number of hydrogen-bond donors (Lipinski definition) is 1. The minimum atomic E-state index is -0.596. The molecule has 1 unspecified atom stereocenters. The highest BCUT2D eigenvalue weighted by molar-refractivity contribution is 5.94. The van der Waals surface area contributed by atoms with Crippen LogP contribution in [0.25, 0.3) is 0 Å². The van der Waals surface area contributed by atoms with Gasteiger partial charge in [0.25, 0.3) is 0 Å². The second kappa shape index (κ2) is 11.0. The molecule has 25 heavy (non-hydrogen) atoms. The predicted octanol–water partition coefficient (Wildman–Crippen LogP) is 1.90. The number of Topliss-reactive ketones (excluding diaryl/α,β-unsaturated/α-hetero) is 2. The van der Waals surface area contributed by atoms with Gasteiger partial charge in [0.1, 0.15) is 31.0 Å². The zero-order valence-corrected chi connectivity index (χ0v) is 14.4. The van der Waals surface area contributed by atoms with E-state index in [4.69, 9.17) is 9.47 Å². The van der Waals surface area contributed by atoms with E-state index in [0.29, 0.717) is 6.42 Å². The molecule has 0 amide bonds. The van der Waals surface area contributed by atoms with E-state index in [1.165, 1.54) is 13.8 Å². The molecule has 0 radical (unpaired) electrons. The van der Waals surface area contributed by atoms with Crippen LogP contribution >= 0.6 is 0 Å². The number of anilines is 1. The third-order valence-electron chi connectivity index (χ3n) is 3.11. The zero-order chi connectivity index (χ0) is 18.7. The lowest BCUT2D eigenvalue weighted by Gasteiger charge is -2.20. The summed E-state index contributed by atoms with van der Waals surface area (Å²) in [6.07, 6.45) is -0.151. The Kier molecular flexibility index (Phi) is 8.92. The van der Waals surface area contributed by atoms with Crippen LogP contribution in [0.15, 0.2) is 30.3 Å². The first-order valence-electron chi connectivity index (χ1n) is 7.98. The molecule has 1 atom stereocenters. The molecule has 1 N–H and O–H groups in total. The second-order valence-electron chi connectivity index (χ2n) is 5.66. The maximum atomic E-state index is 11.5. The largest absolute Gasteiger partial charge is 0.465 e. The summed E-state index contributed by atoms with van der Waals surface area (Å²) in [6, 6.07) is 8.99. The fraction of sp³-hybridized carbons (Fsp3) is 0.444. The van der Waals surface area contributed by atoms with Gasteiger partial charge in [-0.1, -0.05) is 18.2 Å². The molecule has 0 heterocycles. The monoisotopic (exact) mass is 349 g/mol. The van der Waals surface area contributed by atoms with Crippen molar-refractivity contribution in [3.05, 3.63) is 30.3 Å². The van der Waals surface area contributed by atoms with Crippen molar-refractivity contribution in [2.45, 2.75) is 39.2 Å². The molecule has 0 bridgehead atoms. The maximum Gasteiger partial charge on any atom is 0.313 e. The van der Waals surface area contributed by atoms with Gasteiger partial charge in [0.2, 0.25) is 0 Å². The summed E-state index contributed by atoms with van der Waals surface area (Å²) in [5.41, 5.74) is 0.824. The molecule has 1 aromatic carbocycles. The molecule has 0 saturated carbocycles. The molecule has 1 aromatic rings. The van der Waals surface area contributed by atoms with Gasteiger partial charge in [-0.3, -0.25) is 19.2 Å². The van der Waals surface area contributed by atoms with Gasteiger partial charge in [0.15, 0.2) is 0 Å². The van der Waals surface area contributed by atoms with Crippen molar-refractivity contribution < 1.29 is 28.7 Å². The Balaban J connectivity index is 2.52. The van der Waals surface area contributed by atoms with E-state index in [1.807, 2.05) is 30.3 Å². The lowest BCUT2D eigenvalue weighted by Crippen LogP contribution is -2.29. The van der Waals surface area contributed by atoms with E-state index < -0.39 is 11.9 Å². The van der Waals surface area contributed by atoms with Gasteiger partial charge in [-0.15, -0.1) is 0 Å². The van der Waals surface area contributed by atoms with Crippen molar-refractivity contribution in [2.24, 2.45) is 0 Å². The van der Waals surface area contributed by atoms with Crippen LogP contribution < -0.4 is 5.32 Å². The Bertz CT molecular complexity index is 599. The van der Waals surface area contributed by atoms with E-state index in [0.717, 1.165) is 5.69 Å². The first-order chi connectivity index (χ1) is 11.9. The summed E-state index contributed by atoms with van der Waals surface area (Å²) in [5.74, 6) is -1.71. The van der Waals surface area contributed by atoms with Crippen LogP contribution in [0.2, 0.25) is 0 Å². The van der Waals surface area contributed by atoms with Gasteiger partial charge >= 0.3 is 11.9 Å². The van der Waals surface area contributed by atoms with E-state index in [2.05, 4.69) is 5.32 Å². The highest BCUT2D eigenvalue weighted by Crippen LogP contribution is 2.10. The van der Waals surface area contributed by atoms with E-state index in [9.17, 15) is 19.2 Å². The van der Waals surface area contributed by atoms with E-state index in [-0.39, 0.29) is 43.7 Å². The third-order valence-corrected chi connectivity index (χ3v) is 3.11. The summed E-state index contributed by atoms with van der Waals surface area (Å²) in [5, 5.41) is 3.18. The number of ketones is 2. The number of carbonyl (C=O) groups is 4. The van der Waals surface area contributed by atoms with Crippen molar-refractivity contribution in [1.29, 1.82) is 0 Å². The van der Waals surface area contributed by atoms with Crippen LogP contribution in [-0.2, 0) is 28.7 Å². The van der Waals surface area contributed by atoms with Crippen LogP contribution in [0.5, 0.6) is 0 Å². The van der Waals surface area contributed by atoms with Crippen LogP contribution in [-0.4, -0.2) is 42.8 Å². The minimum absolute atomic E-state index is 0.0330. The van der Waals surface area contributed by atoms with Gasteiger partial charge in [0, 0.05) is 12.1 Å². The van der Waals surface area contributed by atoms with Crippen molar-refractivity contribution in [3.63, 3.8) is 0 Å². The Hall–Kier alpha value is -2.70. The molecule has 7 heteroatoms. The molecule has 7 nitrogen and oxygen atoms in total. The first kappa shape index (κ1) is 20.3. The Morgan fingerprint density at radius 1 is 0.920 bits per heavy atom. The van der Waals surface area contributed by atoms with E-state index in [1.54, 1.807) is 0 Å². The zero-order valence-electron chi connectivity index (χ0n) is 14.4. The average Bonchev–Trinajstić information content (AvgIpc) is 2.52. The van der Waals surface area contributed by atoms with Crippen LogP contribution in [0.3, 0.4) is 0 Å². The summed E-state index contributed by atoms with van der Waals surface area (Å²) >= 11 is 0. The van der Waals surface area contributed by atoms with Gasteiger partial charge in [-0.2, -0.15) is 0 Å². The summed E-state index contributed by atoms with van der Waals surface area (Å²) in [4.78, 5) is 44.7. The molecule has 0 aromatic heterocycles. The van der Waals surface area contributed by atoms with Crippen molar-refractivity contribution in [3.8, 4) is 0 Å². The third kappa shape index (κ3) is 9.91. The number of hydrogen-bond acceptors (Lipinski definition) is 7. The molecule has 0 aliphatic rings. The molecule has 136 valence electrons. The van der Waals surface area contributed by atoms with Crippen molar-refractivity contribution in [1.82, 2.24) is 0 Å². The molecule has 1 rings (SSSR count). The number of benzene rings is 1. The van der Waals surface area contributed by atoms with Crippen molar-refractivity contribution >= 4 is 29.2 Å². The standard InChI is InChI=1S/C18H23NO6/c1-13(20)10-17(22)24-9-8-16(12-25-18(23)11-14(2)21)19-15-6-4-3-5-7-15/h3-7,16,19H,8-12H2,1-2H3. The number of esters is 2. The van der Waals surface area contributed by atoms with Crippen LogP contribution in [0.1, 0.15) is 33.1 Å². The molecule has 0 fully saturated rings. The summed E-state index contributed by atoms with van der Waals surface area (Å²) < 4.78 is 10.1. The van der Waals surface area contributed by atoms with Crippen molar-refractivity contribution in [2.75, 3.05) is 18.5 Å². The quantitative estimate of drug-likeness (QED) is 0.481. The Morgan fingerprint density at radius 2 is 1.48 bits per heavy atom.